The number of carboxylic acid groups (broad SMARTS) is 1. The van der Waals surface area contributed by atoms with Crippen LogP contribution >= 0.6 is 0 Å². The third-order valence-electron chi connectivity index (χ3n) is 3.22. The minimum absolute atomic E-state index is 0.221. The van der Waals surface area contributed by atoms with E-state index in [-0.39, 0.29) is 6.42 Å². The molecule has 3 nitrogen and oxygen atoms in total. The maximum atomic E-state index is 12.6. The molecule has 2 N–H and O–H groups in total. The molecule has 108 valence electrons. The van der Waals surface area contributed by atoms with E-state index >= 15 is 0 Å². The van der Waals surface area contributed by atoms with Crippen LogP contribution in [-0.4, -0.2) is 16.1 Å². The average Bonchev–Trinajstić information content (AvgIpc) is 2.67. The van der Waals surface area contributed by atoms with E-state index < -0.39 is 23.1 Å². The number of halogens is 3. The van der Waals surface area contributed by atoms with Crippen LogP contribution in [0, 0.1) is 5.41 Å². The summed E-state index contributed by atoms with van der Waals surface area (Å²) in [4.78, 5) is 13.9. The molecule has 0 aliphatic carbocycles. The summed E-state index contributed by atoms with van der Waals surface area (Å²) in [6.07, 6.45) is -4.17. The van der Waals surface area contributed by atoms with Gasteiger partial charge in [0.1, 0.15) is 0 Å². The molecule has 2 aromatic rings. The predicted molar refractivity (Wildman–Crippen MR) is 68.4 cm³/mol. The highest BCUT2D eigenvalue weighted by molar-refractivity contribution is 5.81. The molecule has 1 aromatic heterocycles. The molecule has 0 bridgehead atoms. The molecule has 0 amide bonds. The molecule has 0 aliphatic heterocycles. The first-order valence-electron chi connectivity index (χ1n) is 6.02. The maximum absolute atomic E-state index is 12.6. The summed E-state index contributed by atoms with van der Waals surface area (Å²) in [5, 5.41) is 9.70. The Kier molecular flexibility index (Phi) is 3.28. The minimum Gasteiger partial charge on any atom is -0.481 e. The molecule has 0 saturated heterocycles. The van der Waals surface area contributed by atoms with Crippen LogP contribution in [-0.2, 0) is 17.4 Å². The summed E-state index contributed by atoms with van der Waals surface area (Å²) in [5.41, 5.74) is -0.744. The third-order valence-corrected chi connectivity index (χ3v) is 3.22. The second kappa shape index (κ2) is 4.54. The molecule has 0 unspecified atom stereocenters. The number of alkyl halides is 3. The molecule has 0 aliphatic rings. The Morgan fingerprint density at radius 2 is 1.90 bits per heavy atom. The SMILES string of the molecule is CC(C)(Cc1cc2ccc(C(F)(F)F)cc2[nH]1)C(=O)O. The van der Waals surface area contributed by atoms with Gasteiger partial charge in [0.2, 0.25) is 0 Å². The summed E-state index contributed by atoms with van der Waals surface area (Å²) >= 11 is 0. The van der Waals surface area contributed by atoms with Gasteiger partial charge >= 0.3 is 12.1 Å². The second-order valence-electron chi connectivity index (χ2n) is 5.46. The number of carboxylic acids is 1. The van der Waals surface area contributed by atoms with E-state index in [9.17, 15) is 18.0 Å². The van der Waals surface area contributed by atoms with E-state index in [0.717, 1.165) is 12.1 Å². The van der Waals surface area contributed by atoms with Crippen molar-refractivity contribution >= 4 is 16.9 Å². The van der Waals surface area contributed by atoms with Crippen LogP contribution in [0.25, 0.3) is 10.9 Å². The van der Waals surface area contributed by atoms with Crippen LogP contribution < -0.4 is 0 Å². The maximum Gasteiger partial charge on any atom is 0.416 e. The number of hydrogen-bond acceptors (Lipinski definition) is 1. The van der Waals surface area contributed by atoms with Crippen LogP contribution in [0.15, 0.2) is 24.3 Å². The van der Waals surface area contributed by atoms with Crippen molar-refractivity contribution in [2.45, 2.75) is 26.4 Å². The van der Waals surface area contributed by atoms with Crippen molar-refractivity contribution < 1.29 is 23.1 Å². The summed E-state index contributed by atoms with van der Waals surface area (Å²) in [5.74, 6) is -0.952. The Morgan fingerprint density at radius 1 is 1.25 bits per heavy atom. The number of aliphatic carboxylic acids is 1. The van der Waals surface area contributed by atoms with Crippen LogP contribution in [0.2, 0.25) is 0 Å². The summed E-state index contributed by atoms with van der Waals surface area (Å²) < 4.78 is 37.8. The summed E-state index contributed by atoms with van der Waals surface area (Å²) in [6.45, 7) is 3.14. The van der Waals surface area contributed by atoms with E-state index in [1.807, 2.05) is 0 Å². The number of aromatic nitrogens is 1. The number of benzene rings is 1. The van der Waals surface area contributed by atoms with Gasteiger partial charge in [-0.15, -0.1) is 0 Å². The van der Waals surface area contributed by atoms with Gasteiger partial charge in [0, 0.05) is 17.6 Å². The topological polar surface area (TPSA) is 53.1 Å². The fraction of sp³-hybridized carbons (Fsp3) is 0.357. The van der Waals surface area contributed by atoms with E-state index in [4.69, 9.17) is 5.11 Å². The lowest BCUT2D eigenvalue weighted by Gasteiger charge is -2.17. The monoisotopic (exact) mass is 285 g/mol. The standard InChI is InChI=1S/C14H14F3NO2/c1-13(2,12(19)20)7-10-5-8-3-4-9(14(15,16)17)6-11(8)18-10/h3-6,18H,7H2,1-2H3,(H,19,20). The quantitative estimate of drug-likeness (QED) is 0.900. The van der Waals surface area contributed by atoms with Gasteiger partial charge in [0.15, 0.2) is 0 Å². The third kappa shape index (κ3) is 2.79. The number of rotatable bonds is 3. The summed E-state index contributed by atoms with van der Waals surface area (Å²) in [7, 11) is 0. The zero-order chi connectivity index (χ0) is 15.1. The van der Waals surface area contributed by atoms with Crippen molar-refractivity contribution in [1.29, 1.82) is 0 Å². The highest BCUT2D eigenvalue weighted by atomic mass is 19.4. The van der Waals surface area contributed by atoms with E-state index in [2.05, 4.69) is 4.98 Å². The molecule has 0 saturated carbocycles. The molecule has 1 heterocycles. The Bertz CT molecular complexity index is 656. The average molecular weight is 285 g/mol. The van der Waals surface area contributed by atoms with Crippen molar-refractivity contribution in [3.05, 3.63) is 35.5 Å². The van der Waals surface area contributed by atoms with E-state index in [0.29, 0.717) is 16.6 Å². The molecular weight excluding hydrogens is 271 g/mol. The van der Waals surface area contributed by atoms with Gasteiger partial charge in [-0.05, 0) is 37.4 Å². The molecule has 2 rings (SSSR count). The van der Waals surface area contributed by atoms with Gasteiger partial charge in [0.25, 0.3) is 0 Å². The van der Waals surface area contributed by atoms with Crippen molar-refractivity contribution in [2.75, 3.05) is 0 Å². The van der Waals surface area contributed by atoms with Crippen molar-refractivity contribution in [2.24, 2.45) is 5.41 Å². The Morgan fingerprint density at radius 3 is 2.45 bits per heavy atom. The summed E-state index contributed by atoms with van der Waals surface area (Å²) in [6, 6.07) is 5.11. The van der Waals surface area contributed by atoms with Crippen LogP contribution in [0.3, 0.4) is 0 Å². The molecule has 0 atom stereocenters. The fourth-order valence-corrected chi connectivity index (χ4v) is 2.01. The number of H-pyrrole nitrogens is 1. The number of hydrogen-bond donors (Lipinski definition) is 2. The molecule has 20 heavy (non-hydrogen) atoms. The molecule has 0 fully saturated rings. The fourth-order valence-electron chi connectivity index (χ4n) is 2.01. The van der Waals surface area contributed by atoms with Crippen molar-refractivity contribution in [1.82, 2.24) is 4.98 Å². The number of aromatic amines is 1. The van der Waals surface area contributed by atoms with E-state index in [1.165, 1.54) is 6.07 Å². The predicted octanol–water partition coefficient (Wildman–Crippen LogP) is 3.84. The van der Waals surface area contributed by atoms with Crippen LogP contribution in [0.4, 0.5) is 13.2 Å². The van der Waals surface area contributed by atoms with Gasteiger partial charge in [-0.25, -0.2) is 0 Å². The zero-order valence-electron chi connectivity index (χ0n) is 11.0. The van der Waals surface area contributed by atoms with Gasteiger partial charge in [-0.3, -0.25) is 4.79 Å². The van der Waals surface area contributed by atoms with Crippen molar-refractivity contribution in [3.63, 3.8) is 0 Å². The second-order valence-corrected chi connectivity index (χ2v) is 5.46. The highest BCUT2D eigenvalue weighted by Crippen LogP contribution is 2.32. The Labute approximate surface area is 113 Å². The lowest BCUT2D eigenvalue weighted by atomic mass is 9.88. The lowest BCUT2D eigenvalue weighted by Crippen LogP contribution is -2.26. The minimum atomic E-state index is -4.39. The number of nitrogens with one attached hydrogen (secondary N) is 1. The number of fused-ring (bicyclic) bond motifs is 1. The van der Waals surface area contributed by atoms with Crippen molar-refractivity contribution in [3.8, 4) is 0 Å². The molecule has 0 spiro atoms. The van der Waals surface area contributed by atoms with Crippen LogP contribution in [0.5, 0.6) is 0 Å². The Balaban J connectivity index is 2.37. The lowest BCUT2D eigenvalue weighted by molar-refractivity contribution is -0.146. The number of carbonyl (C=O) groups is 1. The zero-order valence-corrected chi connectivity index (χ0v) is 11.0. The first kappa shape index (κ1) is 14.4. The van der Waals surface area contributed by atoms with Gasteiger partial charge < -0.3 is 10.1 Å². The normalized spacial score (nSPS) is 12.8. The van der Waals surface area contributed by atoms with Crippen LogP contribution in [0.1, 0.15) is 25.1 Å². The largest absolute Gasteiger partial charge is 0.481 e. The first-order valence-corrected chi connectivity index (χ1v) is 6.02. The first-order chi connectivity index (χ1) is 9.09. The van der Waals surface area contributed by atoms with E-state index in [1.54, 1.807) is 19.9 Å². The molecule has 1 aromatic carbocycles. The van der Waals surface area contributed by atoms with Gasteiger partial charge in [0.05, 0.1) is 11.0 Å². The smallest absolute Gasteiger partial charge is 0.416 e. The highest BCUT2D eigenvalue weighted by Gasteiger charge is 2.31. The Hall–Kier alpha value is -1.98. The van der Waals surface area contributed by atoms with Gasteiger partial charge in [-0.1, -0.05) is 6.07 Å². The van der Waals surface area contributed by atoms with Gasteiger partial charge in [-0.2, -0.15) is 13.2 Å². The molecule has 0 radical (unpaired) electrons. The molecule has 6 heteroatoms. The molecular formula is C14H14F3NO2.